The number of aromatic hydroxyl groups is 1. The minimum absolute atomic E-state index is 0.130. The lowest BCUT2D eigenvalue weighted by molar-refractivity contribution is 0.141. The Hall–Kier alpha value is -0.750. The van der Waals surface area contributed by atoms with Crippen LogP contribution in [-0.4, -0.2) is 10.1 Å². The zero-order valence-corrected chi connectivity index (χ0v) is 8.05. The molecule has 0 fully saturated rings. The molecule has 1 rings (SSSR count). The predicted molar refractivity (Wildman–Crippen MR) is 46.5 cm³/mol. The number of rotatable bonds is 2. The number of alkyl halides is 2. The van der Waals surface area contributed by atoms with E-state index in [2.05, 4.69) is 20.9 Å². The molecule has 13 heavy (non-hydrogen) atoms. The Morgan fingerprint density at radius 1 is 1.62 bits per heavy atom. The van der Waals surface area contributed by atoms with Crippen molar-refractivity contribution >= 4 is 15.9 Å². The summed E-state index contributed by atoms with van der Waals surface area (Å²) in [6.45, 7) is 0.130. The highest BCUT2D eigenvalue weighted by molar-refractivity contribution is 9.10. The van der Waals surface area contributed by atoms with Gasteiger partial charge in [-0.1, -0.05) is 0 Å². The second-order valence-corrected chi connectivity index (χ2v) is 3.13. The van der Waals surface area contributed by atoms with Crippen LogP contribution in [0.15, 0.2) is 10.7 Å². The number of hydrogen-bond acceptors (Lipinski definition) is 3. The van der Waals surface area contributed by atoms with Gasteiger partial charge in [-0.3, -0.25) is 4.98 Å². The van der Waals surface area contributed by atoms with Crippen LogP contribution in [0, 0.1) is 0 Å². The summed E-state index contributed by atoms with van der Waals surface area (Å²) in [5, 5.41) is 9.23. The van der Waals surface area contributed by atoms with Gasteiger partial charge in [-0.05, 0) is 15.9 Å². The van der Waals surface area contributed by atoms with E-state index in [1.54, 1.807) is 0 Å². The Labute approximate surface area is 81.7 Å². The molecule has 0 bridgehead atoms. The molecule has 0 unspecified atom stereocenters. The van der Waals surface area contributed by atoms with Crippen LogP contribution in [0.2, 0.25) is 0 Å². The highest BCUT2D eigenvalue weighted by Crippen LogP contribution is 2.34. The molecule has 0 aliphatic heterocycles. The minimum atomic E-state index is -2.79. The summed E-state index contributed by atoms with van der Waals surface area (Å²) in [4.78, 5) is 3.40. The summed E-state index contributed by atoms with van der Waals surface area (Å²) in [7, 11) is 0. The van der Waals surface area contributed by atoms with E-state index in [4.69, 9.17) is 5.73 Å². The van der Waals surface area contributed by atoms with Gasteiger partial charge in [-0.15, -0.1) is 0 Å². The summed E-state index contributed by atoms with van der Waals surface area (Å²) < 4.78 is 24.5. The predicted octanol–water partition coefficient (Wildman–Crippen LogP) is 1.95. The molecule has 6 heteroatoms. The van der Waals surface area contributed by atoms with E-state index in [1.807, 2.05) is 0 Å². The zero-order valence-electron chi connectivity index (χ0n) is 6.47. The lowest BCUT2D eigenvalue weighted by atomic mass is 10.2. The van der Waals surface area contributed by atoms with E-state index >= 15 is 0 Å². The Kier molecular flexibility index (Phi) is 3.16. The minimum Gasteiger partial charge on any atom is -0.505 e. The molecular formula is C7H7BrF2N2O. The summed E-state index contributed by atoms with van der Waals surface area (Å²) >= 11 is 2.96. The van der Waals surface area contributed by atoms with E-state index in [9.17, 15) is 13.9 Å². The number of halogens is 3. The SMILES string of the molecule is NCc1cnc(C(F)F)c(O)c1Br. The average Bonchev–Trinajstić information content (AvgIpc) is 2.09. The molecule has 1 aromatic rings. The van der Waals surface area contributed by atoms with Crippen molar-refractivity contribution in [3.63, 3.8) is 0 Å². The monoisotopic (exact) mass is 252 g/mol. The Balaban J connectivity index is 3.23. The quantitative estimate of drug-likeness (QED) is 0.846. The average molecular weight is 253 g/mol. The van der Waals surface area contributed by atoms with Gasteiger partial charge in [0.25, 0.3) is 6.43 Å². The van der Waals surface area contributed by atoms with E-state index in [0.29, 0.717) is 5.56 Å². The van der Waals surface area contributed by atoms with Gasteiger partial charge >= 0.3 is 0 Å². The topological polar surface area (TPSA) is 59.1 Å². The Bertz CT molecular complexity index is 320. The molecule has 3 N–H and O–H groups in total. The van der Waals surface area contributed by atoms with Gasteiger partial charge in [-0.25, -0.2) is 8.78 Å². The van der Waals surface area contributed by atoms with E-state index in [-0.39, 0.29) is 11.0 Å². The maximum absolute atomic E-state index is 12.2. The molecule has 0 amide bonds. The third-order valence-electron chi connectivity index (χ3n) is 1.52. The molecule has 0 saturated carbocycles. The van der Waals surface area contributed by atoms with Crippen molar-refractivity contribution in [2.75, 3.05) is 0 Å². The molecule has 0 atom stereocenters. The fourth-order valence-corrected chi connectivity index (χ4v) is 1.30. The molecule has 72 valence electrons. The lowest BCUT2D eigenvalue weighted by Crippen LogP contribution is -2.01. The molecule has 1 heterocycles. The number of aromatic nitrogens is 1. The van der Waals surface area contributed by atoms with Crippen molar-refractivity contribution in [1.29, 1.82) is 0 Å². The third-order valence-corrected chi connectivity index (χ3v) is 2.40. The van der Waals surface area contributed by atoms with Crippen LogP contribution >= 0.6 is 15.9 Å². The normalized spacial score (nSPS) is 10.8. The smallest absolute Gasteiger partial charge is 0.284 e. The number of nitrogens with zero attached hydrogens (tertiary/aromatic N) is 1. The highest BCUT2D eigenvalue weighted by Gasteiger charge is 2.18. The molecule has 0 saturated heterocycles. The van der Waals surface area contributed by atoms with Crippen LogP contribution in [0.3, 0.4) is 0 Å². The van der Waals surface area contributed by atoms with E-state index < -0.39 is 17.9 Å². The molecule has 0 aromatic carbocycles. The molecule has 0 spiro atoms. The summed E-state index contributed by atoms with van der Waals surface area (Å²) in [6.07, 6.45) is -1.58. The zero-order chi connectivity index (χ0) is 10.0. The summed E-state index contributed by atoms with van der Waals surface area (Å²) in [5.74, 6) is -0.544. The summed E-state index contributed by atoms with van der Waals surface area (Å²) in [6, 6.07) is 0. The van der Waals surface area contributed by atoms with Gasteiger partial charge in [-0.2, -0.15) is 0 Å². The summed E-state index contributed by atoms with van der Waals surface area (Å²) in [5.41, 5.74) is 5.13. The second kappa shape index (κ2) is 3.97. The maximum Gasteiger partial charge on any atom is 0.284 e. The molecule has 3 nitrogen and oxygen atoms in total. The lowest BCUT2D eigenvalue weighted by Gasteiger charge is -2.07. The van der Waals surface area contributed by atoms with Gasteiger partial charge in [0, 0.05) is 18.3 Å². The molecule has 0 aliphatic rings. The fourth-order valence-electron chi connectivity index (χ4n) is 0.832. The van der Waals surface area contributed by atoms with E-state index in [0.717, 1.165) is 0 Å². The molecule has 0 radical (unpaired) electrons. The first-order valence-electron chi connectivity index (χ1n) is 3.42. The Morgan fingerprint density at radius 3 is 2.69 bits per heavy atom. The highest BCUT2D eigenvalue weighted by atomic mass is 79.9. The van der Waals surface area contributed by atoms with Crippen molar-refractivity contribution in [2.24, 2.45) is 5.73 Å². The standard InChI is InChI=1S/C7H7BrF2N2O/c8-4-3(1-11)2-12-5(6(4)13)7(9)10/h2,7,13H,1,11H2. The van der Waals surface area contributed by atoms with Crippen molar-refractivity contribution in [2.45, 2.75) is 13.0 Å². The van der Waals surface area contributed by atoms with Gasteiger partial charge in [0.05, 0.1) is 4.47 Å². The molecule has 0 aliphatic carbocycles. The first kappa shape index (κ1) is 10.3. The van der Waals surface area contributed by atoms with Gasteiger partial charge in [0.2, 0.25) is 0 Å². The van der Waals surface area contributed by atoms with Crippen molar-refractivity contribution in [3.05, 3.63) is 21.9 Å². The van der Waals surface area contributed by atoms with Crippen LogP contribution in [0.25, 0.3) is 0 Å². The maximum atomic E-state index is 12.2. The second-order valence-electron chi connectivity index (χ2n) is 2.34. The number of nitrogens with two attached hydrogens (primary N) is 1. The number of pyridine rings is 1. The van der Waals surface area contributed by atoms with Crippen molar-refractivity contribution in [1.82, 2.24) is 4.98 Å². The van der Waals surface area contributed by atoms with Gasteiger partial charge < -0.3 is 10.8 Å². The Morgan fingerprint density at radius 2 is 2.23 bits per heavy atom. The van der Waals surface area contributed by atoms with Crippen LogP contribution in [0.5, 0.6) is 5.75 Å². The first-order valence-corrected chi connectivity index (χ1v) is 4.21. The molecular weight excluding hydrogens is 246 g/mol. The largest absolute Gasteiger partial charge is 0.505 e. The third kappa shape index (κ3) is 1.94. The number of hydrogen-bond donors (Lipinski definition) is 2. The first-order chi connectivity index (χ1) is 6.07. The van der Waals surface area contributed by atoms with E-state index in [1.165, 1.54) is 6.20 Å². The van der Waals surface area contributed by atoms with Gasteiger partial charge in [0.1, 0.15) is 5.69 Å². The van der Waals surface area contributed by atoms with Gasteiger partial charge in [0.15, 0.2) is 5.75 Å². The van der Waals surface area contributed by atoms with Crippen LogP contribution in [0.4, 0.5) is 8.78 Å². The van der Waals surface area contributed by atoms with Crippen molar-refractivity contribution < 1.29 is 13.9 Å². The van der Waals surface area contributed by atoms with Crippen LogP contribution in [0.1, 0.15) is 17.7 Å². The molecule has 1 aromatic heterocycles. The van der Waals surface area contributed by atoms with Crippen LogP contribution in [-0.2, 0) is 6.54 Å². The van der Waals surface area contributed by atoms with Crippen molar-refractivity contribution in [3.8, 4) is 5.75 Å². The fraction of sp³-hybridized carbons (Fsp3) is 0.286. The van der Waals surface area contributed by atoms with Crippen LogP contribution < -0.4 is 5.73 Å².